The summed E-state index contributed by atoms with van der Waals surface area (Å²) in [5.41, 5.74) is 5.73. The summed E-state index contributed by atoms with van der Waals surface area (Å²) in [7, 11) is 1.26. The Morgan fingerprint density at radius 1 is 1.67 bits per heavy atom. The first-order valence-corrected chi connectivity index (χ1v) is 4.50. The van der Waals surface area contributed by atoms with Crippen molar-refractivity contribution in [3.05, 3.63) is 11.8 Å². The number of methoxy groups -OCH3 is 1. The van der Waals surface area contributed by atoms with Crippen LogP contribution in [0.4, 0.5) is 0 Å². The van der Waals surface area contributed by atoms with Crippen molar-refractivity contribution < 1.29 is 19.1 Å². The molecule has 84 valence electrons. The number of amides is 1. The number of hydrogen-bond donors (Lipinski definition) is 2. The van der Waals surface area contributed by atoms with E-state index in [-0.39, 0.29) is 24.3 Å². The van der Waals surface area contributed by atoms with Gasteiger partial charge in [-0.3, -0.25) is 4.79 Å². The van der Waals surface area contributed by atoms with Crippen LogP contribution in [-0.2, 0) is 19.1 Å². The van der Waals surface area contributed by atoms with Crippen molar-refractivity contribution >= 4 is 11.9 Å². The number of nitrogens with two attached hydrogens (primary N) is 1. The second kappa shape index (κ2) is 4.79. The van der Waals surface area contributed by atoms with E-state index < -0.39 is 12.0 Å². The van der Waals surface area contributed by atoms with Crippen LogP contribution in [0.2, 0.25) is 0 Å². The lowest BCUT2D eigenvalue weighted by Crippen LogP contribution is -2.51. The van der Waals surface area contributed by atoms with Crippen molar-refractivity contribution in [3.63, 3.8) is 0 Å². The molecule has 1 amide bonds. The van der Waals surface area contributed by atoms with E-state index in [9.17, 15) is 9.59 Å². The summed E-state index contributed by atoms with van der Waals surface area (Å²) in [4.78, 5) is 21.9. The molecule has 0 bridgehead atoms. The molecule has 15 heavy (non-hydrogen) atoms. The van der Waals surface area contributed by atoms with E-state index in [0.717, 1.165) is 0 Å². The molecule has 2 atom stereocenters. The van der Waals surface area contributed by atoms with Crippen molar-refractivity contribution in [2.24, 2.45) is 5.73 Å². The normalized spacial score (nSPS) is 24.9. The Balaban J connectivity index is 2.64. The highest BCUT2D eigenvalue weighted by atomic mass is 16.6. The zero-order valence-electron chi connectivity index (χ0n) is 8.65. The Bertz CT molecular complexity index is 300. The number of carbonyl (C=O) groups excluding carboxylic acids is 2. The lowest BCUT2D eigenvalue weighted by Gasteiger charge is -2.27. The van der Waals surface area contributed by atoms with Gasteiger partial charge in [-0.25, -0.2) is 4.79 Å². The third-order valence-electron chi connectivity index (χ3n) is 2.00. The van der Waals surface area contributed by atoms with Crippen LogP contribution in [0.1, 0.15) is 6.92 Å². The maximum Gasteiger partial charge on any atom is 0.373 e. The molecule has 3 N–H and O–H groups in total. The van der Waals surface area contributed by atoms with Crippen molar-refractivity contribution in [2.75, 3.05) is 13.7 Å². The van der Waals surface area contributed by atoms with Crippen molar-refractivity contribution in [3.8, 4) is 0 Å². The fourth-order valence-corrected chi connectivity index (χ4v) is 1.26. The van der Waals surface area contributed by atoms with Crippen LogP contribution in [0.5, 0.6) is 0 Å². The monoisotopic (exact) mass is 214 g/mol. The minimum Gasteiger partial charge on any atom is -0.484 e. The van der Waals surface area contributed by atoms with E-state index >= 15 is 0 Å². The fourth-order valence-electron chi connectivity index (χ4n) is 1.26. The summed E-state index contributed by atoms with van der Waals surface area (Å²) in [6, 6.07) is -0.757. The van der Waals surface area contributed by atoms with Crippen LogP contribution in [0.25, 0.3) is 0 Å². The van der Waals surface area contributed by atoms with Crippen LogP contribution in [0.3, 0.4) is 0 Å². The van der Waals surface area contributed by atoms with Gasteiger partial charge in [0, 0.05) is 6.92 Å². The molecular weight excluding hydrogens is 200 g/mol. The molecule has 0 fully saturated rings. The van der Waals surface area contributed by atoms with E-state index in [1.165, 1.54) is 20.1 Å². The number of nitrogens with one attached hydrogen (secondary N) is 1. The Kier molecular flexibility index (Phi) is 3.68. The zero-order chi connectivity index (χ0) is 11.4. The van der Waals surface area contributed by atoms with Gasteiger partial charge in [0.05, 0.1) is 19.2 Å². The van der Waals surface area contributed by atoms with E-state index in [0.29, 0.717) is 0 Å². The van der Waals surface area contributed by atoms with Crippen LogP contribution < -0.4 is 11.1 Å². The third kappa shape index (κ3) is 2.95. The van der Waals surface area contributed by atoms with Crippen LogP contribution in [0, 0.1) is 0 Å². The fraction of sp³-hybridized carbons (Fsp3) is 0.556. The van der Waals surface area contributed by atoms with Gasteiger partial charge in [-0.15, -0.1) is 0 Å². The molecule has 0 saturated heterocycles. The first-order valence-electron chi connectivity index (χ1n) is 4.50. The summed E-state index contributed by atoms with van der Waals surface area (Å²) in [6.45, 7) is 1.56. The average Bonchev–Trinajstić information content (AvgIpc) is 2.19. The lowest BCUT2D eigenvalue weighted by atomic mass is 10.1. The second-order valence-electron chi connectivity index (χ2n) is 3.22. The Morgan fingerprint density at radius 2 is 2.33 bits per heavy atom. The molecule has 0 aromatic rings. The molecule has 1 aliphatic heterocycles. The van der Waals surface area contributed by atoms with E-state index in [1.807, 2.05) is 0 Å². The van der Waals surface area contributed by atoms with E-state index in [4.69, 9.17) is 10.5 Å². The van der Waals surface area contributed by atoms with Gasteiger partial charge in [-0.2, -0.15) is 0 Å². The molecule has 1 heterocycles. The van der Waals surface area contributed by atoms with Crippen LogP contribution in [-0.4, -0.2) is 37.7 Å². The topological polar surface area (TPSA) is 90.6 Å². The van der Waals surface area contributed by atoms with Gasteiger partial charge in [0.2, 0.25) is 11.7 Å². The predicted octanol–water partition coefficient (Wildman–Crippen LogP) is -1.09. The molecular formula is C9H14N2O4. The highest BCUT2D eigenvalue weighted by Gasteiger charge is 2.26. The molecule has 0 saturated carbocycles. The molecule has 6 nitrogen and oxygen atoms in total. The minimum atomic E-state index is -0.563. The molecule has 1 aliphatic rings. The Labute approximate surface area is 87.4 Å². The van der Waals surface area contributed by atoms with Crippen molar-refractivity contribution in [1.29, 1.82) is 0 Å². The Hall–Kier alpha value is -1.56. The first-order chi connectivity index (χ1) is 7.04. The Morgan fingerprint density at radius 3 is 2.80 bits per heavy atom. The predicted molar refractivity (Wildman–Crippen MR) is 51.6 cm³/mol. The van der Waals surface area contributed by atoms with E-state index in [1.54, 1.807) is 0 Å². The number of carbonyl (C=O) groups is 2. The largest absolute Gasteiger partial charge is 0.484 e. The first kappa shape index (κ1) is 11.5. The van der Waals surface area contributed by atoms with Crippen molar-refractivity contribution in [2.45, 2.75) is 19.0 Å². The van der Waals surface area contributed by atoms with Crippen LogP contribution >= 0.6 is 0 Å². The van der Waals surface area contributed by atoms with Gasteiger partial charge in [0.25, 0.3) is 0 Å². The van der Waals surface area contributed by atoms with Gasteiger partial charge in [-0.05, 0) is 6.08 Å². The van der Waals surface area contributed by atoms with Gasteiger partial charge in [0.1, 0.15) is 6.61 Å². The maximum absolute atomic E-state index is 11.1. The summed E-state index contributed by atoms with van der Waals surface area (Å²) >= 11 is 0. The summed E-state index contributed by atoms with van der Waals surface area (Å²) in [6.07, 6.45) is 1.44. The molecule has 6 heteroatoms. The third-order valence-corrected chi connectivity index (χ3v) is 2.00. The molecule has 0 radical (unpaired) electrons. The number of rotatable bonds is 2. The molecule has 0 unspecified atom stereocenters. The number of ether oxygens (including phenoxy) is 2. The smallest absolute Gasteiger partial charge is 0.373 e. The summed E-state index contributed by atoms with van der Waals surface area (Å²) < 4.78 is 9.59. The van der Waals surface area contributed by atoms with E-state index in [2.05, 4.69) is 10.1 Å². The van der Waals surface area contributed by atoms with Gasteiger partial charge in [-0.1, -0.05) is 0 Å². The molecule has 1 rings (SSSR count). The highest BCUT2D eigenvalue weighted by Crippen LogP contribution is 2.11. The minimum absolute atomic E-state index is 0.0894. The quantitative estimate of drug-likeness (QED) is 0.570. The zero-order valence-corrected chi connectivity index (χ0v) is 8.65. The standard InChI is InChI=1S/C9H14N2O4/c1-5(12)11-7-4-15-8(3-6(7)10)9(13)14-2/h3,6-7H,4,10H2,1-2H3,(H,11,12)/t6-,7-/m0/s1. The summed E-state index contributed by atoms with van der Waals surface area (Å²) in [5.74, 6) is -0.660. The number of esters is 1. The van der Waals surface area contributed by atoms with Gasteiger partial charge < -0.3 is 20.5 Å². The molecule has 0 aliphatic carbocycles. The summed E-state index contributed by atoms with van der Waals surface area (Å²) in [5, 5.41) is 2.62. The second-order valence-corrected chi connectivity index (χ2v) is 3.22. The highest BCUT2D eigenvalue weighted by molar-refractivity contribution is 5.86. The molecule has 0 aromatic heterocycles. The maximum atomic E-state index is 11.1. The van der Waals surface area contributed by atoms with Crippen LogP contribution in [0.15, 0.2) is 11.8 Å². The SMILES string of the molecule is COC(=O)C1=C[C@H](N)[C@@H](NC(C)=O)CO1. The van der Waals surface area contributed by atoms with Gasteiger partial charge in [0.15, 0.2) is 0 Å². The average molecular weight is 214 g/mol. The van der Waals surface area contributed by atoms with Crippen molar-refractivity contribution in [1.82, 2.24) is 5.32 Å². The number of hydrogen-bond acceptors (Lipinski definition) is 5. The molecule has 0 spiro atoms. The molecule has 0 aromatic carbocycles. The lowest BCUT2D eigenvalue weighted by molar-refractivity contribution is -0.140. The van der Waals surface area contributed by atoms with Gasteiger partial charge >= 0.3 is 5.97 Å².